The third-order valence-electron chi connectivity index (χ3n) is 4.57. The summed E-state index contributed by atoms with van der Waals surface area (Å²) in [5, 5.41) is 11.3. The van der Waals surface area contributed by atoms with Gasteiger partial charge in [0.05, 0.1) is 16.8 Å². The van der Waals surface area contributed by atoms with E-state index in [1.54, 1.807) is 48.5 Å². The highest BCUT2D eigenvalue weighted by Gasteiger charge is 2.22. The van der Waals surface area contributed by atoms with E-state index < -0.39 is 5.97 Å². The number of aromatic carboxylic acids is 1. The minimum absolute atomic E-state index is 0.0169. The Labute approximate surface area is 190 Å². The molecule has 30 heavy (non-hydrogen) atoms. The number of benzene rings is 2. The first-order valence-electron chi connectivity index (χ1n) is 9.46. The van der Waals surface area contributed by atoms with Gasteiger partial charge in [0.25, 0.3) is 0 Å². The molecule has 0 fully saturated rings. The maximum atomic E-state index is 12.0. The van der Waals surface area contributed by atoms with Crippen LogP contribution in [0.1, 0.15) is 37.0 Å². The minimum Gasteiger partial charge on any atom is -0.477 e. The molecule has 1 unspecified atom stereocenters. The molecule has 3 rings (SSSR count). The Hall–Kier alpha value is -2.27. The third-order valence-corrected chi connectivity index (χ3v) is 5.37. The summed E-state index contributed by atoms with van der Waals surface area (Å²) in [6.07, 6.45) is 1.49. The number of aromatic nitrogens is 1. The topological polar surface area (TPSA) is 59.4 Å². The van der Waals surface area contributed by atoms with E-state index in [2.05, 4.69) is 4.98 Å². The van der Waals surface area contributed by atoms with Crippen LogP contribution in [-0.4, -0.2) is 22.2 Å². The Kier molecular flexibility index (Phi) is 7.24. The Bertz CT molecular complexity index is 1070. The van der Waals surface area contributed by atoms with Crippen LogP contribution in [0.15, 0.2) is 48.5 Å². The van der Waals surface area contributed by atoms with Crippen LogP contribution < -0.4 is 4.74 Å². The molecule has 0 amide bonds. The maximum Gasteiger partial charge on any atom is 0.341 e. The fourth-order valence-electron chi connectivity index (χ4n) is 3.13. The summed E-state index contributed by atoms with van der Waals surface area (Å²) in [5.41, 5.74) is 2.46. The van der Waals surface area contributed by atoms with Gasteiger partial charge in [-0.15, -0.1) is 0 Å². The number of carboxylic acid groups (broad SMARTS) is 1. The molecule has 3 aromatic rings. The summed E-state index contributed by atoms with van der Waals surface area (Å²) < 4.78 is 5.90. The van der Waals surface area contributed by atoms with Gasteiger partial charge < -0.3 is 9.84 Å². The molecule has 0 radical (unpaired) electrons. The summed E-state index contributed by atoms with van der Waals surface area (Å²) in [5.74, 6) is -1.06. The molecule has 0 aliphatic rings. The lowest BCUT2D eigenvalue weighted by Crippen LogP contribution is -2.15. The number of nitrogens with zero attached hydrogens (tertiary/aromatic N) is 1. The van der Waals surface area contributed by atoms with Crippen LogP contribution in [0.5, 0.6) is 5.88 Å². The van der Waals surface area contributed by atoms with E-state index in [4.69, 9.17) is 39.5 Å². The fraction of sp³-hybridized carbons (Fsp3) is 0.217. The van der Waals surface area contributed by atoms with E-state index in [-0.39, 0.29) is 17.5 Å². The van der Waals surface area contributed by atoms with Crippen molar-refractivity contribution in [1.82, 2.24) is 4.98 Å². The number of pyridine rings is 1. The van der Waals surface area contributed by atoms with Gasteiger partial charge in [0.1, 0.15) is 5.56 Å². The predicted molar refractivity (Wildman–Crippen MR) is 122 cm³/mol. The number of rotatable bonds is 7. The lowest BCUT2D eigenvalue weighted by molar-refractivity contribution is 0.0688. The third kappa shape index (κ3) is 5.07. The Balaban J connectivity index is 2.27. The number of carboxylic acids is 1. The Morgan fingerprint density at radius 1 is 1.03 bits per heavy atom. The van der Waals surface area contributed by atoms with Crippen molar-refractivity contribution in [3.05, 3.63) is 69.2 Å². The zero-order valence-electron chi connectivity index (χ0n) is 16.5. The normalized spacial score (nSPS) is 11.9. The van der Waals surface area contributed by atoms with Crippen molar-refractivity contribution >= 4 is 40.8 Å². The van der Waals surface area contributed by atoms with E-state index in [0.717, 1.165) is 18.4 Å². The molecule has 0 aliphatic heterocycles. The first kappa shape index (κ1) is 22.4. The molecule has 0 spiro atoms. The van der Waals surface area contributed by atoms with Gasteiger partial charge in [-0.1, -0.05) is 60.3 Å². The second-order valence-electron chi connectivity index (χ2n) is 6.89. The van der Waals surface area contributed by atoms with Crippen LogP contribution in [0.4, 0.5) is 0 Å². The lowest BCUT2D eigenvalue weighted by atomic mass is 9.97. The smallest absolute Gasteiger partial charge is 0.341 e. The quantitative estimate of drug-likeness (QED) is 0.390. The number of hydrogen-bond acceptors (Lipinski definition) is 3. The molecular formula is C23H20Cl3NO3. The first-order valence-corrected chi connectivity index (χ1v) is 10.6. The van der Waals surface area contributed by atoms with Crippen LogP contribution in [-0.2, 0) is 0 Å². The van der Waals surface area contributed by atoms with Crippen molar-refractivity contribution < 1.29 is 14.6 Å². The molecule has 7 heteroatoms. The zero-order chi connectivity index (χ0) is 21.8. The monoisotopic (exact) mass is 463 g/mol. The van der Waals surface area contributed by atoms with Crippen molar-refractivity contribution in [2.24, 2.45) is 0 Å². The highest BCUT2D eigenvalue weighted by Crippen LogP contribution is 2.39. The average Bonchev–Trinajstić information content (AvgIpc) is 2.68. The summed E-state index contributed by atoms with van der Waals surface area (Å²) in [6, 6.07) is 13.7. The maximum absolute atomic E-state index is 12.0. The van der Waals surface area contributed by atoms with E-state index in [9.17, 15) is 9.90 Å². The van der Waals surface area contributed by atoms with Crippen LogP contribution in [0.25, 0.3) is 22.4 Å². The van der Waals surface area contributed by atoms with Crippen molar-refractivity contribution in [3.63, 3.8) is 0 Å². The SMILES string of the molecule is CCCC(C)Oc1nc(-c2ccc(Cl)cc2Cl)c(-c2ccc(Cl)cc2)cc1C(=O)O. The number of ether oxygens (including phenoxy) is 1. The van der Waals surface area contributed by atoms with Crippen LogP contribution >= 0.6 is 34.8 Å². The Morgan fingerprint density at radius 2 is 1.70 bits per heavy atom. The van der Waals surface area contributed by atoms with Crippen molar-refractivity contribution in [1.29, 1.82) is 0 Å². The molecule has 0 bridgehead atoms. The molecule has 4 nitrogen and oxygen atoms in total. The predicted octanol–water partition coefficient (Wildman–Crippen LogP) is 7.64. The van der Waals surface area contributed by atoms with Crippen LogP contribution in [0, 0.1) is 0 Å². The molecule has 0 saturated heterocycles. The van der Waals surface area contributed by atoms with E-state index >= 15 is 0 Å². The summed E-state index contributed by atoms with van der Waals surface area (Å²) in [7, 11) is 0. The van der Waals surface area contributed by atoms with Gasteiger partial charge >= 0.3 is 5.97 Å². The van der Waals surface area contributed by atoms with Crippen molar-refractivity contribution in [2.45, 2.75) is 32.8 Å². The molecule has 0 aliphatic carbocycles. The minimum atomic E-state index is -1.12. The molecule has 1 atom stereocenters. The highest BCUT2D eigenvalue weighted by atomic mass is 35.5. The molecule has 1 aromatic heterocycles. The van der Waals surface area contributed by atoms with Gasteiger partial charge in [0.2, 0.25) is 5.88 Å². The second-order valence-corrected chi connectivity index (χ2v) is 8.17. The first-order chi connectivity index (χ1) is 14.3. The highest BCUT2D eigenvalue weighted by molar-refractivity contribution is 6.36. The van der Waals surface area contributed by atoms with Gasteiger partial charge in [-0.05, 0) is 55.3 Å². The van der Waals surface area contributed by atoms with Gasteiger partial charge in [-0.2, -0.15) is 0 Å². The standard InChI is InChI=1S/C23H20Cl3NO3/c1-3-4-13(2)30-22-19(23(28)29)12-18(14-5-7-15(24)8-6-14)21(27-22)17-10-9-16(25)11-20(17)26/h5-13H,3-4H2,1-2H3,(H,28,29). The Morgan fingerprint density at radius 3 is 2.30 bits per heavy atom. The largest absolute Gasteiger partial charge is 0.477 e. The van der Waals surface area contributed by atoms with Gasteiger partial charge in [-0.25, -0.2) is 9.78 Å². The van der Waals surface area contributed by atoms with Crippen LogP contribution in [0.2, 0.25) is 15.1 Å². The number of hydrogen-bond donors (Lipinski definition) is 1. The van der Waals surface area contributed by atoms with E-state index in [1.165, 1.54) is 0 Å². The molecular weight excluding hydrogens is 445 g/mol. The number of carbonyl (C=O) groups is 1. The van der Waals surface area contributed by atoms with Gasteiger partial charge in [0, 0.05) is 21.2 Å². The molecule has 1 N–H and O–H groups in total. The number of halogens is 3. The van der Waals surface area contributed by atoms with Crippen LogP contribution in [0.3, 0.4) is 0 Å². The molecule has 2 aromatic carbocycles. The molecule has 1 heterocycles. The summed E-state index contributed by atoms with van der Waals surface area (Å²) in [6.45, 7) is 3.92. The van der Waals surface area contributed by atoms with Crippen molar-refractivity contribution in [2.75, 3.05) is 0 Å². The summed E-state index contributed by atoms with van der Waals surface area (Å²) in [4.78, 5) is 16.6. The fourth-order valence-corrected chi connectivity index (χ4v) is 3.76. The second kappa shape index (κ2) is 9.69. The van der Waals surface area contributed by atoms with E-state index in [1.807, 2.05) is 13.8 Å². The molecule has 156 valence electrons. The zero-order valence-corrected chi connectivity index (χ0v) is 18.7. The molecule has 0 saturated carbocycles. The van der Waals surface area contributed by atoms with Crippen molar-refractivity contribution in [3.8, 4) is 28.3 Å². The van der Waals surface area contributed by atoms with E-state index in [0.29, 0.717) is 31.9 Å². The van der Waals surface area contributed by atoms with Gasteiger partial charge in [-0.3, -0.25) is 0 Å². The summed E-state index contributed by atoms with van der Waals surface area (Å²) >= 11 is 18.5. The lowest BCUT2D eigenvalue weighted by Gasteiger charge is -2.18. The average molecular weight is 465 g/mol. The van der Waals surface area contributed by atoms with Gasteiger partial charge in [0.15, 0.2) is 0 Å².